The highest BCUT2D eigenvalue weighted by molar-refractivity contribution is 7.99. The number of para-hydroxylation sites is 1. The fourth-order valence-electron chi connectivity index (χ4n) is 2.68. The van der Waals surface area contributed by atoms with Gasteiger partial charge in [0.05, 0.1) is 5.75 Å². The Morgan fingerprint density at radius 3 is 2.90 bits per heavy atom. The monoisotopic (exact) mass is 300 g/mol. The summed E-state index contributed by atoms with van der Waals surface area (Å²) in [5.74, 6) is 0.312. The van der Waals surface area contributed by atoms with E-state index in [0.717, 1.165) is 16.8 Å². The summed E-state index contributed by atoms with van der Waals surface area (Å²) >= 11 is 1.28. The van der Waals surface area contributed by atoms with Crippen molar-refractivity contribution in [2.75, 3.05) is 10.7 Å². The number of carbonyl (C=O) groups excluding carboxylic acids is 1. The largest absolute Gasteiger partial charge is 0.618 e. The fourth-order valence-corrected chi connectivity index (χ4v) is 3.45. The number of hydrogen-bond acceptors (Lipinski definition) is 3. The van der Waals surface area contributed by atoms with E-state index in [-0.39, 0.29) is 17.7 Å². The van der Waals surface area contributed by atoms with E-state index in [0.29, 0.717) is 5.03 Å². The van der Waals surface area contributed by atoms with E-state index in [1.54, 1.807) is 18.2 Å². The Morgan fingerprint density at radius 1 is 1.33 bits per heavy atom. The minimum Gasteiger partial charge on any atom is -0.618 e. The van der Waals surface area contributed by atoms with Crippen LogP contribution in [0.15, 0.2) is 53.7 Å². The van der Waals surface area contributed by atoms with Gasteiger partial charge in [0.25, 0.3) is 5.03 Å². The first-order valence-corrected chi connectivity index (χ1v) is 7.86. The topological polar surface area (TPSA) is 47.2 Å². The van der Waals surface area contributed by atoms with Gasteiger partial charge < -0.3 is 10.1 Å². The first-order valence-electron chi connectivity index (χ1n) is 6.88. The summed E-state index contributed by atoms with van der Waals surface area (Å²) in [6.07, 6.45) is 2.33. The third-order valence-electron chi connectivity index (χ3n) is 3.61. The molecule has 0 aliphatic carbocycles. The summed E-state index contributed by atoms with van der Waals surface area (Å²) < 4.78 is 0.791. The highest BCUT2D eigenvalue weighted by Gasteiger charge is 2.30. The van der Waals surface area contributed by atoms with E-state index in [2.05, 4.69) is 13.0 Å². The molecule has 1 aromatic carbocycles. The van der Waals surface area contributed by atoms with E-state index in [1.165, 1.54) is 23.5 Å². The summed E-state index contributed by atoms with van der Waals surface area (Å²) in [7, 11) is 0. The molecule has 0 N–H and O–H groups in total. The molecule has 1 amide bonds. The molecule has 1 atom stereocenters. The lowest BCUT2D eigenvalue weighted by molar-refractivity contribution is -0.645. The number of carbonyl (C=O) groups is 1. The lowest BCUT2D eigenvalue weighted by Crippen LogP contribution is -2.37. The van der Waals surface area contributed by atoms with E-state index >= 15 is 0 Å². The number of benzene rings is 1. The molecule has 0 bridgehead atoms. The van der Waals surface area contributed by atoms with Crippen LogP contribution in [0.3, 0.4) is 0 Å². The van der Waals surface area contributed by atoms with Gasteiger partial charge in [0.15, 0.2) is 6.20 Å². The van der Waals surface area contributed by atoms with E-state index < -0.39 is 0 Å². The molecule has 1 aliphatic rings. The van der Waals surface area contributed by atoms with E-state index in [1.807, 2.05) is 23.1 Å². The third kappa shape index (κ3) is 2.74. The molecule has 1 aliphatic heterocycles. The normalized spacial score (nSPS) is 16.8. The highest BCUT2D eigenvalue weighted by Crippen LogP contribution is 2.32. The second kappa shape index (κ2) is 5.77. The molecule has 0 radical (unpaired) electrons. The molecule has 0 saturated heterocycles. The van der Waals surface area contributed by atoms with Crippen molar-refractivity contribution in [1.82, 2.24) is 0 Å². The molecule has 0 fully saturated rings. The van der Waals surface area contributed by atoms with E-state index in [4.69, 9.17) is 0 Å². The third-order valence-corrected chi connectivity index (χ3v) is 4.61. The van der Waals surface area contributed by atoms with Gasteiger partial charge in [-0.2, -0.15) is 4.73 Å². The zero-order chi connectivity index (χ0) is 14.8. The second-order valence-electron chi connectivity index (χ2n) is 5.10. The summed E-state index contributed by atoms with van der Waals surface area (Å²) in [5, 5.41) is 12.1. The van der Waals surface area contributed by atoms with Crippen LogP contribution < -0.4 is 9.63 Å². The molecule has 5 heteroatoms. The van der Waals surface area contributed by atoms with Crippen molar-refractivity contribution < 1.29 is 9.52 Å². The first-order chi connectivity index (χ1) is 10.2. The Labute approximate surface area is 128 Å². The van der Waals surface area contributed by atoms with Gasteiger partial charge in [-0.05, 0) is 42.8 Å². The van der Waals surface area contributed by atoms with Crippen LogP contribution in [0.5, 0.6) is 0 Å². The zero-order valence-electron chi connectivity index (χ0n) is 11.7. The van der Waals surface area contributed by atoms with Crippen molar-refractivity contribution in [3.8, 4) is 0 Å². The minimum absolute atomic E-state index is 0.0429. The Balaban J connectivity index is 1.73. The summed E-state index contributed by atoms with van der Waals surface area (Å²) in [6.45, 7) is 2.05. The van der Waals surface area contributed by atoms with Crippen molar-refractivity contribution >= 4 is 23.4 Å². The van der Waals surface area contributed by atoms with E-state index in [9.17, 15) is 10.0 Å². The minimum atomic E-state index is 0.0429. The molecule has 21 heavy (non-hydrogen) atoms. The average Bonchev–Trinajstić information content (AvgIpc) is 2.82. The first kappa shape index (κ1) is 13.9. The van der Waals surface area contributed by atoms with Gasteiger partial charge in [0, 0.05) is 23.9 Å². The van der Waals surface area contributed by atoms with Gasteiger partial charge in [0.1, 0.15) is 0 Å². The van der Waals surface area contributed by atoms with Gasteiger partial charge in [-0.3, -0.25) is 4.79 Å². The zero-order valence-corrected chi connectivity index (χ0v) is 12.5. The van der Waals surface area contributed by atoms with Gasteiger partial charge in [-0.25, -0.2) is 0 Å². The lowest BCUT2D eigenvalue weighted by Gasteiger charge is -2.22. The Kier molecular flexibility index (Phi) is 3.84. The van der Waals surface area contributed by atoms with Gasteiger partial charge in [-0.15, -0.1) is 0 Å². The Morgan fingerprint density at radius 2 is 2.10 bits per heavy atom. The van der Waals surface area contributed by atoms with Crippen molar-refractivity contribution in [2.45, 2.75) is 24.4 Å². The molecule has 0 spiro atoms. The lowest BCUT2D eigenvalue weighted by atomic mass is 10.1. The quantitative estimate of drug-likeness (QED) is 0.497. The molecule has 3 rings (SSSR count). The molecular weight excluding hydrogens is 284 g/mol. The number of aromatic nitrogens is 1. The van der Waals surface area contributed by atoms with Crippen LogP contribution in [0.25, 0.3) is 0 Å². The number of pyridine rings is 1. The van der Waals surface area contributed by atoms with Crippen molar-refractivity contribution in [2.24, 2.45) is 0 Å². The van der Waals surface area contributed by atoms with Crippen molar-refractivity contribution in [1.29, 1.82) is 0 Å². The predicted molar refractivity (Wildman–Crippen MR) is 83.2 cm³/mol. The van der Waals surface area contributed by atoms with Gasteiger partial charge in [-0.1, -0.05) is 18.2 Å². The summed E-state index contributed by atoms with van der Waals surface area (Å²) in [5.41, 5.74) is 2.21. The number of rotatable bonds is 3. The van der Waals surface area contributed by atoms with Crippen LogP contribution in [0.1, 0.15) is 12.5 Å². The van der Waals surface area contributed by atoms with Crippen LogP contribution in [-0.2, 0) is 11.2 Å². The smallest absolute Gasteiger partial charge is 0.251 e. The van der Waals surface area contributed by atoms with Crippen LogP contribution in [0.2, 0.25) is 0 Å². The van der Waals surface area contributed by atoms with Crippen molar-refractivity contribution in [3.05, 3.63) is 59.4 Å². The maximum absolute atomic E-state index is 12.5. The van der Waals surface area contributed by atoms with Crippen LogP contribution in [0.4, 0.5) is 5.69 Å². The Bertz CT molecular complexity index is 675. The number of hydrogen-bond donors (Lipinski definition) is 0. The summed E-state index contributed by atoms with van der Waals surface area (Å²) in [6, 6.07) is 13.4. The van der Waals surface area contributed by atoms with Gasteiger partial charge in [0.2, 0.25) is 5.91 Å². The Hall–Kier alpha value is -2.01. The number of fused-ring (bicyclic) bond motifs is 1. The number of thioether (sulfide) groups is 1. The van der Waals surface area contributed by atoms with Crippen LogP contribution in [-0.4, -0.2) is 17.7 Å². The average molecular weight is 300 g/mol. The standard InChI is InChI=1S/C16H16N2O2S/c1-12-10-13-6-2-3-7-14(13)18(12)15(19)11-21-16-8-4-5-9-17(16)20/h2-9,12H,10-11H2,1H3/t12-/m1/s1. The van der Waals surface area contributed by atoms with Crippen molar-refractivity contribution in [3.63, 3.8) is 0 Å². The predicted octanol–water partition coefficient (Wildman–Crippen LogP) is 2.39. The maximum atomic E-state index is 12.5. The molecule has 108 valence electrons. The number of anilines is 1. The molecule has 0 unspecified atom stereocenters. The molecule has 2 heterocycles. The fraction of sp³-hybridized carbons (Fsp3) is 0.250. The van der Waals surface area contributed by atoms with Gasteiger partial charge >= 0.3 is 0 Å². The maximum Gasteiger partial charge on any atom is 0.251 e. The highest BCUT2D eigenvalue weighted by atomic mass is 32.2. The summed E-state index contributed by atoms with van der Waals surface area (Å²) in [4.78, 5) is 14.3. The van der Waals surface area contributed by atoms with Crippen LogP contribution in [0, 0.1) is 5.21 Å². The molecule has 0 saturated carbocycles. The number of amides is 1. The molecular formula is C16H16N2O2S. The molecule has 4 nitrogen and oxygen atoms in total. The molecule has 1 aromatic heterocycles. The number of nitrogens with zero attached hydrogens (tertiary/aromatic N) is 2. The SMILES string of the molecule is C[C@@H]1Cc2ccccc2N1C(=O)CSc1cccc[n+]1[O-]. The van der Waals surface area contributed by atoms with Crippen LogP contribution >= 0.6 is 11.8 Å². The second-order valence-corrected chi connectivity index (χ2v) is 6.09. The molecule has 2 aromatic rings.